The van der Waals surface area contributed by atoms with Crippen molar-refractivity contribution in [3.63, 3.8) is 0 Å². The molecule has 1 aromatic heterocycles. The second-order valence-corrected chi connectivity index (χ2v) is 8.68. The number of nitrogens with one attached hydrogen (secondary N) is 2. The molecule has 1 aromatic carbocycles. The third-order valence-electron chi connectivity index (χ3n) is 6.18. The number of carbonyl (C=O) groups excluding carboxylic acids is 3. The van der Waals surface area contributed by atoms with Gasteiger partial charge >= 0.3 is 12.0 Å². The summed E-state index contributed by atoms with van der Waals surface area (Å²) in [6.07, 6.45) is 3.11. The van der Waals surface area contributed by atoms with Gasteiger partial charge in [-0.2, -0.15) is 0 Å². The number of anilines is 1. The van der Waals surface area contributed by atoms with Crippen molar-refractivity contribution in [2.45, 2.75) is 26.2 Å². The number of amides is 3. The van der Waals surface area contributed by atoms with Gasteiger partial charge in [0.25, 0.3) is 5.91 Å². The van der Waals surface area contributed by atoms with Gasteiger partial charge in [0.1, 0.15) is 5.82 Å². The smallest absolute Gasteiger partial charge is 0.317 e. The molecule has 2 N–H and O–H groups in total. The molecular formula is C27H37N5O6. The first-order valence-electron chi connectivity index (χ1n) is 12.8. The molecule has 1 aliphatic rings. The minimum absolute atomic E-state index is 0.164. The molecule has 11 heteroatoms. The average Bonchev–Trinajstić information content (AvgIpc) is 2.95. The highest BCUT2D eigenvalue weighted by atomic mass is 16.5. The van der Waals surface area contributed by atoms with E-state index in [1.165, 1.54) is 0 Å². The van der Waals surface area contributed by atoms with Crippen molar-refractivity contribution in [3.8, 4) is 11.5 Å². The quantitative estimate of drug-likeness (QED) is 0.318. The van der Waals surface area contributed by atoms with Crippen LogP contribution in [0.1, 0.15) is 35.7 Å². The van der Waals surface area contributed by atoms with Gasteiger partial charge in [-0.25, -0.2) is 9.78 Å². The molecule has 0 radical (unpaired) electrons. The first kappa shape index (κ1) is 28.5. The van der Waals surface area contributed by atoms with Gasteiger partial charge in [0, 0.05) is 51.9 Å². The number of nitrogens with zero attached hydrogens (tertiary/aromatic N) is 3. The van der Waals surface area contributed by atoms with Crippen molar-refractivity contribution < 1.29 is 28.6 Å². The fourth-order valence-electron chi connectivity index (χ4n) is 4.17. The van der Waals surface area contributed by atoms with Crippen LogP contribution in [0.5, 0.6) is 11.5 Å². The Labute approximate surface area is 223 Å². The molecule has 1 saturated heterocycles. The van der Waals surface area contributed by atoms with Crippen LogP contribution >= 0.6 is 0 Å². The summed E-state index contributed by atoms with van der Waals surface area (Å²) in [6, 6.07) is 9.03. The molecule has 0 unspecified atom stereocenters. The van der Waals surface area contributed by atoms with Crippen LogP contribution < -0.4 is 25.0 Å². The van der Waals surface area contributed by atoms with Crippen molar-refractivity contribution in [3.05, 3.63) is 47.7 Å². The molecule has 0 bridgehead atoms. The van der Waals surface area contributed by atoms with E-state index in [1.807, 2.05) is 23.1 Å². The van der Waals surface area contributed by atoms with Gasteiger partial charge in [0.2, 0.25) is 0 Å². The maximum Gasteiger partial charge on any atom is 0.317 e. The third-order valence-corrected chi connectivity index (χ3v) is 6.18. The molecule has 0 saturated carbocycles. The predicted octanol–water partition coefficient (Wildman–Crippen LogP) is 2.25. The number of aromatic nitrogens is 1. The summed E-state index contributed by atoms with van der Waals surface area (Å²) in [6.45, 7) is 5.09. The molecule has 0 aliphatic carbocycles. The highest BCUT2D eigenvalue weighted by Crippen LogP contribution is 2.27. The van der Waals surface area contributed by atoms with E-state index in [-0.39, 0.29) is 24.3 Å². The molecular weight excluding hydrogens is 490 g/mol. The Hall–Kier alpha value is -4.02. The number of piperazine rings is 1. The van der Waals surface area contributed by atoms with Gasteiger partial charge in [-0.05, 0) is 49.6 Å². The largest absolute Gasteiger partial charge is 0.493 e. The minimum Gasteiger partial charge on any atom is -0.493 e. The summed E-state index contributed by atoms with van der Waals surface area (Å²) in [5, 5.41) is 5.83. The van der Waals surface area contributed by atoms with E-state index in [0.29, 0.717) is 81.6 Å². The Morgan fingerprint density at radius 2 is 1.74 bits per heavy atom. The van der Waals surface area contributed by atoms with Crippen LogP contribution in [0.2, 0.25) is 0 Å². The number of hydrogen-bond donors (Lipinski definition) is 2. The maximum absolute atomic E-state index is 13.0. The summed E-state index contributed by atoms with van der Waals surface area (Å²) in [5.41, 5.74) is 1.52. The van der Waals surface area contributed by atoms with Crippen LogP contribution in [0.25, 0.3) is 0 Å². The van der Waals surface area contributed by atoms with Gasteiger partial charge in [-0.1, -0.05) is 6.07 Å². The summed E-state index contributed by atoms with van der Waals surface area (Å²) in [4.78, 5) is 45.1. The van der Waals surface area contributed by atoms with Crippen LogP contribution in [0.15, 0.2) is 36.5 Å². The van der Waals surface area contributed by atoms with Crippen LogP contribution in [0, 0.1) is 0 Å². The molecule has 1 aliphatic heterocycles. The second kappa shape index (κ2) is 14.7. The minimum atomic E-state index is -0.258. The summed E-state index contributed by atoms with van der Waals surface area (Å²) < 4.78 is 15.5. The van der Waals surface area contributed by atoms with Gasteiger partial charge in [0.15, 0.2) is 11.5 Å². The van der Waals surface area contributed by atoms with E-state index in [9.17, 15) is 14.4 Å². The number of benzene rings is 1. The molecule has 0 spiro atoms. The van der Waals surface area contributed by atoms with Gasteiger partial charge in [-0.15, -0.1) is 0 Å². The molecule has 3 amide bonds. The van der Waals surface area contributed by atoms with Crippen molar-refractivity contribution in [1.82, 2.24) is 20.5 Å². The fourth-order valence-corrected chi connectivity index (χ4v) is 4.17. The Kier molecular flexibility index (Phi) is 11.0. The standard InChI is InChI=1S/C27H37N5O6/c1-4-38-24(33)8-6-13-30-27(35)32-17-15-31(16-18-32)25-21(7-5-12-28-25)26(34)29-14-11-20-9-10-22(36-2)23(19-20)37-3/h5,7,9-10,12,19H,4,6,8,11,13-18H2,1-3H3,(H,29,34)(H,30,35). The Balaban J connectivity index is 1.48. The van der Waals surface area contributed by atoms with E-state index >= 15 is 0 Å². The molecule has 2 heterocycles. The zero-order valence-electron chi connectivity index (χ0n) is 22.3. The number of carbonyl (C=O) groups is 3. The number of ether oxygens (including phenoxy) is 3. The van der Waals surface area contributed by atoms with Crippen LogP contribution in [0.4, 0.5) is 10.6 Å². The normalized spacial score (nSPS) is 13.0. The number of pyridine rings is 1. The van der Waals surface area contributed by atoms with E-state index in [4.69, 9.17) is 14.2 Å². The lowest BCUT2D eigenvalue weighted by molar-refractivity contribution is -0.143. The number of methoxy groups -OCH3 is 2. The van der Waals surface area contributed by atoms with Crippen LogP contribution in [-0.4, -0.2) is 87.9 Å². The maximum atomic E-state index is 13.0. The lowest BCUT2D eigenvalue weighted by Gasteiger charge is -2.36. The SMILES string of the molecule is CCOC(=O)CCCNC(=O)N1CCN(c2ncccc2C(=O)NCCc2ccc(OC)c(OC)c2)CC1. The monoisotopic (exact) mass is 527 g/mol. The van der Waals surface area contributed by atoms with Crippen molar-refractivity contribution in [1.29, 1.82) is 0 Å². The predicted molar refractivity (Wildman–Crippen MR) is 143 cm³/mol. The number of esters is 1. The van der Waals surface area contributed by atoms with E-state index in [1.54, 1.807) is 44.4 Å². The molecule has 11 nitrogen and oxygen atoms in total. The summed E-state index contributed by atoms with van der Waals surface area (Å²) in [5.74, 6) is 1.45. The van der Waals surface area contributed by atoms with E-state index in [2.05, 4.69) is 15.6 Å². The number of rotatable bonds is 12. The van der Waals surface area contributed by atoms with E-state index < -0.39 is 0 Å². The first-order chi connectivity index (χ1) is 18.5. The molecule has 38 heavy (non-hydrogen) atoms. The van der Waals surface area contributed by atoms with E-state index in [0.717, 1.165) is 5.56 Å². The van der Waals surface area contributed by atoms with Crippen molar-refractivity contribution in [2.75, 3.05) is 65.0 Å². The summed E-state index contributed by atoms with van der Waals surface area (Å²) >= 11 is 0. The molecule has 0 atom stereocenters. The fraction of sp³-hybridized carbons (Fsp3) is 0.481. The van der Waals surface area contributed by atoms with Crippen LogP contribution in [0.3, 0.4) is 0 Å². The Morgan fingerprint density at radius 3 is 2.45 bits per heavy atom. The van der Waals surface area contributed by atoms with Crippen molar-refractivity contribution >= 4 is 23.7 Å². The molecule has 206 valence electrons. The number of urea groups is 1. The van der Waals surface area contributed by atoms with Crippen molar-refractivity contribution in [2.24, 2.45) is 0 Å². The van der Waals surface area contributed by atoms with Crippen LogP contribution in [-0.2, 0) is 16.0 Å². The zero-order chi connectivity index (χ0) is 27.3. The highest BCUT2D eigenvalue weighted by Gasteiger charge is 2.25. The molecule has 2 aromatic rings. The summed E-state index contributed by atoms with van der Waals surface area (Å²) in [7, 11) is 3.18. The third kappa shape index (κ3) is 7.99. The number of hydrogen-bond acceptors (Lipinski definition) is 8. The lowest BCUT2D eigenvalue weighted by Crippen LogP contribution is -2.52. The molecule has 3 rings (SSSR count). The molecule has 1 fully saturated rings. The topological polar surface area (TPSA) is 122 Å². The lowest BCUT2D eigenvalue weighted by atomic mass is 10.1. The Morgan fingerprint density at radius 1 is 0.974 bits per heavy atom. The average molecular weight is 528 g/mol. The van der Waals surface area contributed by atoms with Gasteiger partial charge in [-0.3, -0.25) is 9.59 Å². The highest BCUT2D eigenvalue weighted by molar-refractivity contribution is 5.98. The van der Waals surface area contributed by atoms with Gasteiger partial charge < -0.3 is 34.6 Å². The first-order valence-corrected chi connectivity index (χ1v) is 12.8. The zero-order valence-corrected chi connectivity index (χ0v) is 22.3. The second-order valence-electron chi connectivity index (χ2n) is 8.68. The Bertz CT molecular complexity index is 1090. The van der Waals surface area contributed by atoms with Gasteiger partial charge in [0.05, 0.1) is 26.4 Å².